The molecule has 5 heterocycles. The molecule has 2 aliphatic rings. The van der Waals surface area contributed by atoms with Crippen LogP contribution < -0.4 is 0 Å². The lowest BCUT2D eigenvalue weighted by Gasteiger charge is -2.44. The van der Waals surface area contributed by atoms with Crippen LogP contribution in [0.25, 0.3) is 17.1 Å². The van der Waals surface area contributed by atoms with Gasteiger partial charge in [0.2, 0.25) is 0 Å². The van der Waals surface area contributed by atoms with E-state index in [2.05, 4.69) is 15.0 Å². The molecule has 2 fully saturated rings. The van der Waals surface area contributed by atoms with Gasteiger partial charge >= 0.3 is 12.1 Å². The number of nitrogens with zero attached hydrogens (tertiary/aromatic N) is 4. The number of furan rings is 1. The van der Waals surface area contributed by atoms with E-state index in [1.54, 1.807) is 6.07 Å². The molecule has 0 amide bonds. The Morgan fingerprint density at radius 2 is 2.03 bits per heavy atom. The molecule has 0 aromatic carbocycles. The summed E-state index contributed by atoms with van der Waals surface area (Å²) in [6.45, 7) is 2.39. The molecular weight excluding hydrogens is 425 g/mol. The van der Waals surface area contributed by atoms with Gasteiger partial charge in [0.15, 0.2) is 22.8 Å². The standard InChI is InChI=1S/C22H23F3N4O3/c23-22(24,25)19-11-15(18-7-4-10-31-18)26-20-12-16(27-29(19)20)21(30)32-13-14-5-3-9-28-8-2-1-6-17(14)28/h4,7,10-12,14,17H,1-3,5-6,8-9,13H2/t14-,17-/m1/s1. The fraction of sp³-hybridized carbons (Fsp3) is 0.500. The number of rotatable bonds is 4. The Labute approximate surface area is 182 Å². The van der Waals surface area contributed by atoms with Crippen LogP contribution >= 0.6 is 0 Å². The summed E-state index contributed by atoms with van der Waals surface area (Å²) in [7, 11) is 0. The molecule has 0 N–H and O–H groups in total. The molecule has 0 aliphatic carbocycles. The van der Waals surface area contributed by atoms with E-state index in [0.29, 0.717) is 10.6 Å². The Balaban J connectivity index is 1.38. The smallest absolute Gasteiger partial charge is 0.433 e. The number of esters is 1. The van der Waals surface area contributed by atoms with Gasteiger partial charge in [0.05, 0.1) is 12.9 Å². The number of hydrogen-bond donors (Lipinski definition) is 0. The average molecular weight is 448 g/mol. The molecule has 32 heavy (non-hydrogen) atoms. The molecule has 3 aromatic rings. The van der Waals surface area contributed by atoms with Crippen molar-refractivity contribution in [3.05, 3.63) is 41.9 Å². The minimum Gasteiger partial charge on any atom is -0.463 e. The van der Waals surface area contributed by atoms with Crippen LogP contribution in [0.3, 0.4) is 0 Å². The summed E-state index contributed by atoms with van der Waals surface area (Å²) < 4.78 is 52.3. The number of halogens is 3. The normalized spacial score (nSPS) is 22.1. The number of alkyl halides is 3. The Bertz CT molecular complexity index is 1110. The van der Waals surface area contributed by atoms with Crippen molar-refractivity contribution in [2.75, 3.05) is 19.7 Å². The molecule has 170 valence electrons. The van der Waals surface area contributed by atoms with Crippen molar-refractivity contribution in [3.63, 3.8) is 0 Å². The van der Waals surface area contributed by atoms with Gasteiger partial charge in [0, 0.05) is 18.0 Å². The van der Waals surface area contributed by atoms with E-state index in [4.69, 9.17) is 9.15 Å². The molecule has 3 aromatic heterocycles. The van der Waals surface area contributed by atoms with E-state index in [9.17, 15) is 18.0 Å². The molecule has 0 radical (unpaired) electrons. The van der Waals surface area contributed by atoms with Crippen molar-refractivity contribution in [2.45, 2.75) is 44.3 Å². The molecule has 0 bridgehead atoms. The van der Waals surface area contributed by atoms with Crippen molar-refractivity contribution < 1.29 is 27.1 Å². The highest BCUT2D eigenvalue weighted by molar-refractivity contribution is 5.88. The average Bonchev–Trinajstić information content (AvgIpc) is 3.46. The molecule has 7 nitrogen and oxygen atoms in total. The van der Waals surface area contributed by atoms with Crippen molar-refractivity contribution >= 4 is 11.6 Å². The van der Waals surface area contributed by atoms with Gasteiger partial charge in [0.1, 0.15) is 5.69 Å². The Kier molecular flexibility index (Phi) is 5.40. The summed E-state index contributed by atoms with van der Waals surface area (Å²) in [6.07, 6.45) is 2.15. The number of carbonyl (C=O) groups is 1. The highest BCUT2D eigenvalue weighted by Gasteiger charge is 2.37. The second kappa shape index (κ2) is 8.23. The van der Waals surface area contributed by atoms with Gasteiger partial charge in [-0.05, 0) is 57.0 Å². The first-order valence-corrected chi connectivity index (χ1v) is 10.8. The molecule has 10 heteroatoms. The van der Waals surface area contributed by atoms with Gasteiger partial charge in [-0.25, -0.2) is 14.3 Å². The third-order valence-electron chi connectivity index (χ3n) is 6.36. The molecule has 2 atom stereocenters. The van der Waals surface area contributed by atoms with E-state index in [1.807, 2.05) is 0 Å². The van der Waals surface area contributed by atoms with Crippen molar-refractivity contribution in [3.8, 4) is 11.5 Å². The van der Waals surface area contributed by atoms with Gasteiger partial charge in [-0.1, -0.05) is 6.42 Å². The maximum Gasteiger partial charge on any atom is 0.433 e. The molecule has 0 unspecified atom stereocenters. The number of ether oxygens (including phenoxy) is 1. The third kappa shape index (κ3) is 3.99. The van der Waals surface area contributed by atoms with Crippen molar-refractivity contribution in [2.24, 2.45) is 5.92 Å². The number of carbonyl (C=O) groups excluding carboxylic acids is 1. The van der Waals surface area contributed by atoms with Gasteiger partial charge in [-0.3, -0.25) is 4.90 Å². The first-order valence-electron chi connectivity index (χ1n) is 10.8. The van der Waals surface area contributed by atoms with Gasteiger partial charge < -0.3 is 9.15 Å². The largest absolute Gasteiger partial charge is 0.463 e. The number of hydrogen-bond acceptors (Lipinski definition) is 6. The zero-order valence-corrected chi connectivity index (χ0v) is 17.3. The molecule has 2 saturated heterocycles. The minimum absolute atomic E-state index is 0.00855. The highest BCUT2D eigenvalue weighted by Crippen LogP contribution is 2.33. The minimum atomic E-state index is -4.69. The maximum absolute atomic E-state index is 13.7. The van der Waals surface area contributed by atoms with Gasteiger partial charge in [-0.2, -0.15) is 18.3 Å². The van der Waals surface area contributed by atoms with E-state index in [-0.39, 0.29) is 35.3 Å². The summed E-state index contributed by atoms with van der Waals surface area (Å²) in [5.41, 5.74) is -1.34. The van der Waals surface area contributed by atoms with Gasteiger partial charge in [0.25, 0.3) is 0 Å². The zero-order chi connectivity index (χ0) is 22.3. The fourth-order valence-electron chi connectivity index (χ4n) is 4.85. The quantitative estimate of drug-likeness (QED) is 0.550. The monoisotopic (exact) mass is 448 g/mol. The second-order valence-electron chi connectivity index (χ2n) is 8.40. The van der Waals surface area contributed by atoms with Crippen molar-refractivity contribution in [1.82, 2.24) is 19.5 Å². The van der Waals surface area contributed by atoms with Crippen molar-refractivity contribution in [1.29, 1.82) is 0 Å². The van der Waals surface area contributed by atoms with Crippen LogP contribution in [-0.4, -0.2) is 51.2 Å². The predicted molar refractivity (Wildman–Crippen MR) is 108 cm³/mol. The lowest BCUT2D eigenvalue weighted by atomic mass is 9.84. The van der Waals surface area contributed by atoms with E-state index < -0.39 is 17.8 Å². The summed E-state index contributed by atoms with van der Waals surface area (Å²) in [6, 6.07) is 5.56. The highest BCUT2D eigenvalue weighted by atomic mass is 19.4. The maximum atomic E-state index is 13.7. The van der Waals surface area contributed by atoms with Crippen LogP contribution in [0.1, 0.15) is 48.3 Å². The molecule has 2 aliphatic heterocycles. The number of piperidine rings is 2. The zero-order valence-electron chi connectivity index (χ0n) is 17.3. The first-order chi connectivity index (χ1) is 15.4. The van der Waals surface area contributed by atoms with Crippen LogP contribution in [0.2, 0.25) is 0 Å². The number of aromatic nitrogens is 3. The summed E-state index contributed by atoms with van der Waals surface area (Å²) >= 11 is 0. The van der Waals surface area contributed by atoms with Crippen LogP contribution in [0.15, 0.2) is 34.9 Å². The fourth-order valence-corrected chi connectivity index (χ4v) is 4.85. The number of fused-ring (bicyclic) bond motifs is 2. The Morgan fingerprint density at radius 1 is 1.19 bits per heavy atom. The molecule has 5 rings (SSSR count). The molecule has 0 spiro atoms. The van der Waals surface area contributed by atoms with Crippen LogP contribution in [0.5, 0.6) is 0 Å². The van der Waals surface area contributed by atoms with E-state index in [0.717, 1.165) is 38.4 Å². The molecule has 0 saturated carbocycles. The van der Waals surface area contributed by atoms with Gasteiger partial charge in [-0.15, -0.1) is 0 Å². The Morgan fingerprint density at radius 3 is 2.81 bits per heavy atom. The van der Waals surface area contributed by atoms with Crippen LogP contribution in [0.4, 0.5) is 13.2 Å². The third-order valence-corrected chi connectivity index (χ3v) is 6.36. The lowest BCUT2D eigenvalue weighted by Crippen LogP contribution is -2.49. The molecular formula is C22H23F3N4O3. The van der Waals surface area contributed by atoms with E-state index in [1.165, 1.54) is 31.2 Å². The predicted octanol–water partition coefficient (Wildman–Crippen LogP) is 4.43. The summed E-state index contributed by atoms with van der Waals surface area (Å²) in [5, 5.41) is 3.87. The lowest BCUT2D eigenvalue weighted by molar-refractivity contribution is -0.142. The second-order valence-corrected chi connectivity index (χ2v) is 8.40. The summed E-state index contributed by atoms with van der Waals surface area (Å²) in [4.78, 5) is 19.3. The van der Waals surface area contributed by atoms with E-state index >= 15 is 0 Å². The SMILES string of the molecule is O=C(OC[C@H]1CCCN2CCCC[C@H]12)c1cc2nc(-c3ccco3)cc(C(F)(F)F)n2n1. The topological polar surface area (TPSA) is 72.9 Å². The Hall–Kier alpha value is -2.88. The summed E-state index contributed by atoms with van der Waals surface area (Å²) in [5.74, 6) is -0.312. The van der Waals surface area contributed by atoms with Crippen LogP contribution in [-0.2, 0) is 10.9 Å². The first kappa shape index (κ1) is 21.0. The van der Waals surface area contributed by atoms with Crippen LogP contribution in [0, 0.1) is 5.92 Å².